The molecule has 1 aliphatic heterocycles. The summed E-state index contributed by atoms with van der Waals surface area (Å²) in [6.07, 6.45) is 5.05. The van der Waals surface area contributed by atoms with Crippen LogP contribution in [0.3, 0.4) is 0 Å². The second-order valence-corrected chi connectivity index (χ2v) is 7.18. The number of nitrogens with one attached hydrogen (secondary N) is 1. The van der Waals surface area contributed by atoms with E-state index in [9.17, 15) is 14.7 Å². The van der Waals surface area contributed by atoms with Crippen LogP contribution in [0, 0.1) is 0 Å². The SMILES string of the molecule is O=C(O)c1sc2nccc3c2c1NC(=O)N3c1cccc(-c2cccnc2)c1. The molecule has 3 aromatic heterocycles. The standard InChI is InChI=1S/C20H12N4O3S/c25-19(26)17-16-15-14(6-8-22-18(15)28-17)24(20(27)23-16)13-5-1-3-11(9-13)12-4-2-7-21-10-12/h1-10H,(H,23,27)(H,25,26). The van der Waals surface area contributed by atoms with E-state index in [4.69, 9.17) is 0 Å². The Morgan fingerprint density at radius 1 is 1.11 bits per heavy atom. The van der Waals surface area contributed by atoms with Crippen molar-refractivity contribution in [2.45, 2.75) is 0 Å². The lowest BCUT2D eigenvalue weighted by molar-refractivity contribution is 0.0703. The molecule has 2 amide bonds. The van der Waals surface area contributed by atoms with Gasteiger partial charge in [0.25, 0.3) is 0 Å². The molecule has 4 aromatic rings. The molecule has 0 atom stereocenters. The van der Waals surface area contributed by atoms with Crippen LogP contribution >= 0.6 is 11.3 Å². The Bertz CT molecular complexity index is 1250. The Balaban J connectivity index is 1.70. The molecule has 0 fully saturated rings. The van der Waals surface area contributed by atoms with Gasteiger partial charge in [-0.15, -0.1) is 11.3 Å². The second kappa shape index (κ2) is 6.14. The molecule has 0 radical (unpaired) electrons. The number of urea groups is 1. The Morgan fingerprint density at radius 3 is 2.75 bits per heavy atom. The van der Waals surface area contributed by atoms with Crippen LogP contribution in [0.4, 0.5) is 21.9 Å². The number of hydrogen-bond acceptors (Lipinski definition) is 5. The van der Waals surface area contributed by atoms with E-state index >= 15 is 0 Å². The van der Waals surface area contributed by atoms with Gasteiger partial charge < -0.3 is 10.4 Å². The van der Waals surface area contributed by atoms with Crippen molar-refractivity contribution in [1.29, 1.82) is 0 Å². The first-order valence-electron chi connectivity index (χ1n) is 8.40. The lowest BCUT2D eigenvalue weighted by Gasteiger charge is -2.28. The van der Waals surface area contributed by atoms with Crippen LogP contribution in [0.25, 0.3) is 21.3 Å². The number of aromatic nitrogens is 2. The summed E-state index contributed by atoms with van der Waals surface area (Å²) in [4.78, 5) is 35.1. The zero-order chi connectivity index (χ0) is 19.3. The van der Waals surface area contributed by atoms with Gasteiger partial charge in [-0.3, -0.25) is 9.88 Å². The van der Waals surface area contributed by atoms with Gasteiger partial charge in [0.2, 0.25) is 0 Å². The fourth-order valence-corrected chi connectivity index (χ4v) is 4.31. The number of benzene rings is 1. The van der Waals surface area contributed by atoms with Crippen molar-refractivity contribution in [3.63, 3.8) is 0 Å². The summed E-state index contributed by atoms with van der Waals surface area (Å²) in [6, 6.07) is 12.7. The number of pyridine rings is 2. The smallest absolute Gasteiger partial charge is 0.348 e. The Labute approximate surface area is 162 Å². The van der Waals surface area contributed by atoms with Gasteiger partial charge in [0.05, 0.1) is 22.4 Å². The minimum absolute atomic E-state index is 0.0760. The van der Waals surface area contributed by atoms with E-state index in [1.807, 2.05) is 36.4 Å². The quantitative estimate of drug-likeness (QED) is 0.528. The van der Waals surface area contributed by atoms with Gasteiger partial charge in [0.1, 0.15) is 9.71 Å². The van der Waals surface area contributed by atoms with Gasteiger partial charge in [0.15, 0.2) is 0 Å². The highest BCUT2D eigenvalue weighted by Crippen LogP contribution is 2.45. The van der Waals surface area contributed by atoms with Crippen LogP contribution in [0.5, 0.6) is 0 Å². The summed E-state index contributed by atoms with van der Waals surface area (Å²) < 4.78 is 0. The van der Waals surface area contributed by atoms with Crippen molar-refractivity contribution in [3.05, 3.63) is 65.9 Å². The normalized spacial score (nSPS) is 12.9. The molecule has 0 spiro atoms. The molecule has 0 unspecified atom stereocenters. The van der Waals surface area contributed by atoms with Gasteiger partial charge in [-0.05, 0) is 29.8 Å². The van der Waals surface area contributed by atoms with Crippen molar-refractivity contribution < 1.29 is 14.7 Å². The number of carboxylic acid groups (broad SMARTS) is 1. The lowest BCUT2D eigenvalue weighted by atomic mass is 10.1. The summed E-state index contributed by atoms with van der Waals surface area (Å²) in [5.41, 5.74) is 3.44. The molecule has 8 heteroatoms. The first-order chi connectivity index (χ1) is 13.6. The van der Waals surface area contributed by atoms with E-state index in [1.54, 1.807) is 24.7 Å². The predicted octanol–water partition coefficient (Wildman–Crippen LogP) is 4.74. The summed E-state index contributed by atoms with van der Waals surface area (Å²) in [5.74, 6) is -1.09. The number of hydrogen-bond donors (Lipinski definition) is 2. The maximum atomic E-state index is 12.9. The number of rotatable bonds is 3. The Kier molecular flexibility index (Phi) is 3.59. The fourth-order valence-electron chi connectivity index (χ4n) is 3.35. The first-order valence-corrected chi connectivity index (χ1v) is 9.21. The van der Waals surface area contributed by atoms with Gasteiger partial charge in [-0.1, -0.05) is 18.2 Å². The fraction of sp³-hybridized carbons (Fsp3) is 0. The summed E-state index contributed by atoms with van der Waals surface area (Å²) in [5, 5.41) is 12.8. The van der Waals surface area contributed by atoms with Crippen molar-refractivity contribution in [2.24, 2.45) is 0 Å². The molecule has 5 rings (SSSR count). The summed E-state index contributed by atoms with van der Waals surface area (Å²) in [6.45, 7) is 0. The molecule has 0 bridgehead atoms. The van der Waals surface area contributed by atoms with Crippen LogP contribution in [0.1, 0.15) is 9.67 Å². The number of carbonyl (C=O) groups excluding carboxylic acids is 1. The number of amides is 2. The van der Waals surface area contributed by atoms with Crippen LogP contribution in [0.15, 0.2) is 61.1 Å². The topological polar surface area (TPSA) is 95.4 Å². The average Bonchev–Trinajstić information content (AvgIpc) is 3.09. The minimum Gasteiger partial charge on any atom is -0.477 e. The highest BCUT2D eigenvalue weighted by molar-refractivity contribution is 7.21. The summed E-state index contributed by atoms with van der Waals surface area (Å²) >= 11 is 1.05. The van der Waals surface area contributed by atoms with E-state index in [-0.39, 0.29) is 4.88 Å². The number of nitrogens with zero attached hydrogens (tertiary/aromatic N) is 3. The third kappa shape index (κ3) is 2.43. The highest BCUT2D eigenvalue weighted by atomic mass is 32.1. The van der Waals surface area contributed by atoms with Crippen LogP contribution in [-0.2, 0) is 0 Å². The van der Waals surface area contributed by atoms with Crippen LogP contribution in [-0.4, -0.2) is 27.1 Å². The summed E-state index contributed by atoms with van der Waals surface area (Å²) in [7, 11) is 0. The molecule has 2 N–H and O–H groups in total. The van der Waals surface area contributed by atoms with E-state index < -0.39 is 12.0 Å². The molecule has 0 aliphatic carbocycles. The van der Waals surface area contributed by atoms with Crippen LogP contribution < -0.4 is 10.2 Å². The predicted molar refractivity (Wildman–Crippen MR) is 107 cm³/mol. The molecule has 0 saturated heterocycles. The Morgan fingerprint density at radius 2 is 1.96 bits per heavy atom. The first kappa shape index (κ1) is 16.4. The van der Waals surface area contributed by atoms with Crippen molar-refractivity contribution in [3.8, 4) is 11.1 Å². The zero-order valence-corrected chi connectivity index (χ0v) is 15.1. The van der Waals surface area contributed by atoms with Crippen molar-refractivity contribution >= 4 is 50.6 Å². The number of aromatic carboxylic acids is 1. The van der Waals surface area contributed by atoms with E-state index in [0.29, 0.717) is 27.3 Å². The van der Waals surface area contributed by atoms with Gasteiger partial charge in [0, 0.05) is 24.2 Å². The minimum atomic E-state index is -1.09. The molecule has 1 aliphatic rings. The molecular weight excluding hydrogens is 376 g/mol. The lowest BCUT2D eigenvalue weighted by Crippen LogP contribution is -2.34. The zero-order valence-electron chi connectivity index (χ0n) is 14.3. The number of carboxylic acids is 1. The van der Waals surface area contributed by atoms with Gasteiger partial charge in [-0.25, -0.2) is 14.6 Å². The average molecular weight is 388 g/mol. The number of carbonyl (C=O) groups is 2. The van der Waals surface area contributed by atoms with E-state index in [2.05, 4.69) is 15.3 Å². The monoisotopic (exact) mass is 388 g/mol. The van der Waals surface area contributed by atoms with Crippen molar-refractivity contribution in [2.75, 3.05) is 10.2 Å². The molecule has 28 heavy (non-hydrogen) atoms. The Hall–Kier alpha value is -3.78. The maximum Gasteiger partial charge on any atom is 0.348 e. The maximum absolute atomic E-state index is 12.9. The molecule has 1 aromatic carbocycles. The number of anilines is 3. The van der Waals surface area contributed by atoms with Gasteiger partial charge in [-0.2, -0.15) is 0 Å². The molecule has 0 saturated carbocycles. The largest absolute Gasteiger partial charge is 0.477 e. The molecule has 4 heterocycles. The number of thiophene rings is 1. The third-order valence-corrected chi connectivity index (χ3v) is 5.63. The van der Waals surface area contributed by atoms with Crippen LogP contribution in [0.2, 0.25) is 0 Å². The molecule has 136 valence electrons. The second-order valence-electron chi connectivity index (χ2n) is 6.18. The molecular formula is C20H12N4O3S. The highest BCUT2D eigenvalue weighted by Gasteiger charge is 2.32. The van der Waals surface area contributed by atoms with E-state index in [1.165, 1.54) is 4.90 Å². The third-order valence-electron chi connectivity index (χ3n) is 4.54. The van der Waals surface area contributed by atoms with Gasteiger partial charge >= 0.3 is 12.0 Å². The van der Waals surface area contributed by atoms with E-state index in [0.717, 1.165) is 22.5 Å². The van der Waals surface area contributed by atoms with Crippen molar-refractivity contribution in [1.82, 2.24) is 9.97 Å². The molecule has 7 nitrogen and oxygen atoms in total.